The molecule has 4 saturated carbocycles. The molecule has 2 aliphatic heterocycles. The highest BCUT2D eigenvalue weighted by molar-refractivity contribution is 7.81. The molecule has 6 fully saturated rings. The van der Waals surface area contributed by atoms with Gasteiger partial charge in [-0.15, -0.1) is 0 Å². The minimum Gasteiger partial charge on any atom is -0.479 e. The Hall–Kier alpha value is -1.69. The van der Waals surface area contributed by atoms with Crippen LogP contribution in [-0.2, 0) is 72.3 Å². The van der Waals surface area contributed by atoms with E-state index in [2.05, 4.69) is 43.0 Å². The Kier molecular flexibility index (Phi) is 15.6. The van der Waals surface area contributed by atoms with E-state index in [0.717, 1.165) is 32.1 Å². The summed E-state index contributed by atoms with van der Waals surface area (Å²) in [4.78, 5) is 24.7. The fourth-order valence-electron chi connectivity index (χ4n) is 12.9. The number of fused-ring (bicyclic) bond motifs is 5. The standard InChI is InChI=1S/C39H64O22S3/c1-18(2)7-6-8-19(3)23-11-12-24-22-10-9-20-17-21(13-15-38(20,4)25(22)14-16-39(23,24)5)55-36-30(60-63(49,50)51)26(40)28(32(57-36)34(42)43)56-37-31(61-64(52,53)54)27(41)29(59-62(46,47)48)33(58-37)35(44)45/h18-33,36-37,40-41H,6-17H2,1-5H3,(H,42,43)(H,44,45)(H,46,47,48)(H,49,50,51)(H,52,53,54)/t19-,20+,21+,22+,23-,24+,25+,26+,27+,28+,29+,30-,31-,32-,33-,36-,37-,38+,39-/m1/s1. The van der Waals surface area contributed by atoms with E-state index in [0.29, 0.717) is 48.3 Å². The summed E-state index contributed by atoms with van der Waals surface area (Å²) < 4.78 is 135. The Morgan fingerprint density at radius 3 is 1.69 bits per heavy atom. The summed E-state index contributed by atoms with van der Waals surface area (Å²) >= 11 is 0. The predicted molar refractivity (Wildman–Crippen MR) is 217 cm³/mol. The van der Waals surface area contributed by atoms with Crippen LogP contribution >= 0.6 is 0 Å². The number of aliphatic hydroxyl groups is 2. The maximum absolute atomic E-state index is 12.7. The van der Waals surface area contributed by atoms with Crippen LogP contribution in [0.4, 0.5) is 0 Å². The molecule has 19 atom stereocenters. The van der Waals surface area contributed by atoms with E-state index in [1.807, 2.05) is 0 Å². The molecule has 0 bridgehead atoms. The summed E-state index contributed by atoms with van der Waals surface area (Å²) in [5, 5.41) is 42.4. The second-order valence-corrected chi connectivity index (χ2v) is 22.9. The number of aliphatic carboxylic acids is 2. The number of aliphatic hydroxyl groups excluding tert-OH is 2. The summed E-state index contributed by atoms with van der Waals surface area (Å²) in [6.07, 6.45) is -13.9. The Bertz CT molecular complexity index is 2020. The molecule has 22 nitrogen and oxygen atoms in total. The average molecular weight is 981 g/mol. The van der Waals surface area contributed by atoms with Crippen LogP contribution < -0.4 is 0 Å². The third-order valence-electron chi connectivity index (χ3n) is 15.7. The SMILES string of the molecule is CC(C)CCC[C@@H](C)[C@H]1CC[C@H]2[C@@H]3CC[C@H]4C[C@@H](O[C@@H]5O[C@@H](C(=O)O)[C@@H](O[C@@H]6O[C@@H](C(=O)O)[C@@H](OS(=O)(=O)O)[C@H](O)[C@H]6OS(=O)(=O)O)[C@H](O)[C@H]5OS(=O)(=O)O)CC[C@]4(C)[C@H]3CC[C@]12C. The Labute approximate surface area is 373 Å². The molecule has 64 heavy (non-hydrogen) atoms. The van der Waals surface area contributed by atoms with Gasteiger partial charge in [-0.3, -0.25) is 13.7 Å². The van der Waals surface area contributed by atoms with E-state index in [9.17, 15) is 68.9 Å². The van der Waals surface area contributed by atoms with Crippen LogP contribution in [0.1, 0.15) is 112 Å². The van der Waals surface area contributed by atoms with Crippen molar-refractivity contribution < 1.29 is 100 Å². The zero-order valence-corrected chi connectivity index (χ0v) is 38.8. The first-order chi connectivity index (χ1) is 29.5. The van der Waals surface area contributed by atoms with Gasteiger partial charge in [-0.05, 0) is 110 Å². The normalized spacial score (nSPS) is 43.5. The minimum atomic E-state index is -5.68. The third kappa shape index (κ3) is 11.3. The molecule has 0 aromatic carbocycles. The van der Waals surface area contributed by atoms with Crippen LogP contribution in [-0.4, -0.2) is 139 Å². The number of rotatable bonds is 17. The van der Waals surface area contributed by atoms with Crippen LogP contribution in [0.3, 0.4) is 0 Å². The Morgan fingerprint density at radius 1 is 0.641 bits per heavy atom. The molecule has 2 saturated heterocycles. The van der Waals surface area contributed by atoms with Crippen molar-refractivity contribution in [2.24, 2.45) is 52.3 Å². The lowest BCUT2D eigenvalue weighted by atomic mass is 9.44. The fourth-order valence-corrected chi connectivity index (χ4v) is 14.3. The number of carboxylic acids is 2. The van der Waals surface area contributed by atoms with E-state index < -0.39 is 111 Å². The lowest BCUT2D eigenvalue weighted by Crippen LogP contribution is -2.67. The summed E-state index contributed by atoms with van der Waals surface area (Å²) in [5.74, 6) is -0.136. The van der Waals surface area contributed by atoms with Gasteiger partial charge in [0.1, 0.15) is 24.4 Å². The molecule has 2 heterocycles. The number of hydrogen-bond donors (Lipinski definition) is 7. The van der Waals surface area contributed by atoms with Gasteiger partial charge in [0.25, 0.3) is 0 Å². The highest BCUT2D eigenvalue weighted by Gasteiger charge is 2.62. The maximum Gasteiger partial charge on any atom is 0.397 e. The van der Waals surface area contributed by atoms with E-state index >= 15 is 0 Å². The highest BCUT2D eigenvalue weighted by Crippen LogP contribution is 2.68. The number of ether oxygens (including phenoxy) is 4. The first kappa shape index (κ1) is 51.7. The van der Waals surface area contributed by atoms with Gasteiger partial charge in [-0.25, -0.2) is 22.1 Å². The van der Waals surface area contributed by atoms with Gasteiger partial charge in [0.15, 0.2) is 37.0 Å². The van der Waals surface area contributed by atoms with Crippen molar-refractivity contribution in [3.05, 3.63) is 0 Å². The van der Waals surface area contributed by atoms with Crippen molar-refractivity contribution in [1.29, 1.82) is 0 Å². The third-order valence-corrected chi connectivity index (χ3v) is 17.1. The zero-order valence-electron chi connectivity index (χ0n) is 36.4. The zero-order chi connectivity index (χ0) is 47.5. The summed E-state index contributed by atoms with van der Waals surface area (Å²) in [7, 11) is -16.8. The number of carbonyl (C=O) groups is 2. The van der Waals surface area contributed by atoms with Crippen molar-refractivity contribution in [3.8, 4) is 0 Å². The largest absolute Gasteiger partial charge is 0.479 e. The van der Waals surface area contributed by atoms with Gasteiger partial charge >= 0.3 is 43.1 Å². The van der Waals surface area contributed by atoms with Gasteiger partial charge in [0.2, 0.25) is 0 Å². The molecule has 0 aromatic rings. The minimum absolute atomic E-state index is 0.0463. The second kappa shape index (κ2) is 19.4. The first-order valence-electron chi connectivity index (χ1n) is 21.9. The molecular formula is C39H64O22S3. The molecule has 6 aliphatic rings. The number of carboxylic acid groups (broad SMARTS) is 2. The van der Waals surface area contributed by atoms with Crippen molar-refractivity contribution >= 4 is 43.1 Å². The van der Waals surface area contributed by atoms with Crippen LogP contribution in [0.15, 0.2) is 0 Å². The molecule has 0 unspecified atom stereocenters. The smallest absolute Gasteiger partial charge is 0.397 e. The van der Waals surface area contributed by atoms with Gasteiger partial charge in [-0.2, -0.15) is 25.3 Å². The molecular weight excluding hydrogens is 917 g/mol. The van der Waals surface area contributed by atoms with E-state index in [1.54, 1.807) is 0 Å². The van der Waals surface area contributed by atoms with Crippen LogP contribution in [0.2, 0.25) is 0 Å². The van der Waals surface area contributed by atoms with Crippen molar-refractivity contribution in [3.63, 3.8) is 0 Å². The van der Waals surface area contributed by atoms with Crippen molar-refractivity contribution in [1.82, 2.24) is 0 Å². The molecule has 25 heteroatoms. The van der Waals surface area contributed by atoms with Crippen LogP contribution in [0.5, 0.6) is 0 Å². The summed E-state index contributed by atoms with van der Waals surface area (Å²) in [6, 6.07) is 0. The van der Waals surface area contributed by atoms with Crippen molar-refractivity contribution in [2.75, 3.05) is 0 Å². The van der Waals surface area contributed by atoms with Gasteiger partial charge in [-0.1, -0.05) is 53.9 Å². The summed E-state index contributed by atoms with van der Waals surface area (Å²) in [6.45, 7) is 11.8. The summed E-state index contributed by atoms with van der Waals surface area (Å²) in [5.41, 5.74) is 0.242. The molecule has 0 amide bonds. The van der Waals surface area contributed by atoms with Crippen molar-refractivity contribution in [2.45, 2.75) is 179 Å². The van der Waals surface area contributed by atoms with Crippen LogP contribution in [0, 0.1) is 52.3 Å². The molecule has 6 rings (SSSR count). The molecule has 0 radical (unpaired) electrons. The first-order valence-corrected chi connectivity index (χ1v) is 26.0. The Balaban J connectivity index is 1.18. The molecule has 0 spiro atoms. The van der Waals surface area contributed by atoms with Crippen LogP contribution in [0.25, 0.3) is 0 Å². The number of hydrogen-bond acceptors (Lipinski definition) is 17. The monoisotopic (exact) mass is 980 g/mol. The van der Waals surface area contributed by atoms with E-state index in [1.165, 1.54) is 32.1 Å². The fraction of sp³-hybridized carbons (Fsp3) is 0.949. The lowest BCUT2D eigenvalue weighted by Gasteiger charge is -2.61. The average Bonchev–Trinajstić information content (AvgIpc) is 3.52. The van der Waals surface area contributed by atoms with E-state index in [-0.39, 0.29) is 16.7 Å². The molecule has 370 valence electrons. The molecule has 0 aromatic heterocycles. The highest BCUT2D eigenvalue weighted by atomic mass is 32.3. The molecule has 7 N–H and O–H groups in total. The van der Waals surface area contributed by atoms with E-state index in [4.69, 9.17) is 23.1 Å². The van der Waals surface area contributed by atoms with Gasteiger partial charge in [0.05, 0.1) is 6.10 Å². The maximum atomic E-state index is 12.7. The molecule has 4 aliphatic carbocycles. The Morgan fingerprint density at radius 2 is 1.14 bits per heavy atom. The topological polar surface area (TPSA) is 343 Å². The predicted octanol–water partition coefficient (Wildman–Crippen LogP) is 2.78. The van der Waals surface area contributed by atoms with Gasteiger partial charge in [0, 0.05) is 0 Å². The second-order valence-electron chi connectivity index (χ2n) is 19.8. The van der Waals surface area contributed by atoms with Gasteiger partial charge < -0.3 is 39.4 Å². The lowest BCUT2D eigenvalue weighted by molar-refractivity contribution is -0.349. The quantitative estimate of drug-likeness (QED) is 0.0814.